The topological polar surface area (TPSA) is 17.1 Å². The van der Waals surface area contributed by atoms with E-state index in [2.05, 4.69) is 63.1 Å². The van der Waals surface area contributed by atoms with Gasteiger partial charge in [-0.15, -0.1) is 0 Å². The van der Waals surface area contributed by atoms with Crippen molar-refractivity contribution in [3.8, 4) is 0 Å². The molecule has 0 bridgehead atoms. The van der Waals surface area contributed by atoms with Gasteiger partial charge in [0, 0.05) is 0 Å². The van der Waals surface area contributed by atoms with Crippen LogP contribution in [-0.4, -0.2) is 5.78 Å². The van der Waals surface area contributed by atoms with Gasteiger partial charge in [0.2, 0.25) is 0 Å². The van der Waals surface area contributed by atoms with Gasteiger partial charge < -0.3 is 0 Å². The lowest BCUT2D eigenvalue weighted by molar-refractivity contribution is -0.113. The molecule has 0 fully saturated rings. The number of ketones is 1. The van der Waals surface area contributed by atoms with Gasteiger partial charge in [0.05, 0.1) is 0 Å². The lowest BCUT2D eigenvalue weighted by Crippen LogP contribution is -1.94. The molecule has 0 radical (unpaired) electrons. The first-order valence-corrected chi connectivity index (χ1v) is 9.55. The number of hydrogen-bond acceptors (Lipinski definition) is 1. The third-order valence-electron chi connectivity index (χ3n) is 4.51. The van der Waals surface area contributed by atoms with Crippen LogP contribution < -0.4 is 0 Å². The van der Waals surface area contributed by atoms with E-state index in [1.807, 2.05) is 32.1 Å². The summed E-state index contributed by atoms with van der Waals surface area (Å²) in [6.45, 7) is 19.4. The van der Waals surface area contributed by atoms with Gasteiger partial charge in [-0.25, -0.2) is 0 Å². The number of rotatable bonds is 10. The highest BCUT2D eigenvalue weighted by molar-refractivity contribution is 5.93. The Hall–Kier alpha value is -2.93. The van der Waals surface area contributed by atoms with Gasteiger partial charge >= 0.3 is 0 Å². The second kappa shape index (κ2) is 11.7. The molecule has 1 aromatic carbocycles. The molecular formula is C27H32O. The molecule has 146 valence electrons. The van der Waals surface area contributed by atoms with Gasteiger partial charge in [-0.3, -0.25) is 4.79 Å². The summed E-state index contributed by atoms with van der Waals surface area (Å²) in [5, 5.41) is 0. The Bertz CT molecular complexity index is 852. The van der Waals surface area contributed by atoms with Gasteiger partial charge in [-0.05, 0) is 74.5 Å². The predicted octanol–water partition coefficient (Wildman–Crippen LogP) is 7.19. The number of allylic oxidation sites excluding steroid dienone is 11. The fourth-order valence-corrected chi connectivity index (χ4v) is 2.60. The number of carbonyl (C=O) groups excluding carboxylic acids is 1. The molecule has 0 N–H and O–H groups in total. The first-order valence-electron chi connectivity index (χ1n) is 9.55. The van der Waals surface area contributed by atoms with E-state index in [9.17, 15) is 4.79 Å². The minimum atomic E-state index is 0.0498. The molecule has 0 saturated carbocycles. The van der Waals surface area contributed by atoms with Crippen molar-refractivity contribution in [3.63, 3.8) is 0 Å². The van der Waals surface area contributed by atoms with Crippen LogP contribution in [-0.2, 0) is 11.2 Å². The lowest BCUT2D eigenvalue weighted by Gasteiger charge is -2.09. The van der Waals surface area contributed by atoms with Crippen LogP contribution >= 0.6 is 0 Å². The van der Waals surface area contributed by atoms with E-state index in [-0.39, 0.29) is 5.78 Å². The first-order chi connectivity index (χ1) is 13.3. The maximum Gasteiger partial charge on any atom is 0.155 e. The molecule has 0 aliphatic carbocycles. The minimum absolute atomic E-state index is 0.0498. The summed E-state index contributed by atoms with van der Waals surface area (Å²) in [4.78, 5) is 11.6. The standard InChI is InChI=1S/C27H32O/c1-8-10-27(19-22(5)24(7)28)23(6)18-26(17-20(3)9-2)16-15-25-13-11-21(4)12-14-25/h8-14,17-19H,1-2,6,15-16H2,3-5,7H3. The molecule has 0 aliphatic heterocycles. The van der Waals surface area contributed by atoms with Gasteiger partial charge in [0.15, 0.2) is 5.78 Å². The molecule has 1 rings (SSSR count). The van der Waals surface area contributed by atoms with Gasteiger partial charge in [-0.1, -0.05) is 85.5 Å². The summed E-state index contributed by atoms with van der Waals surface area (Å²) >= 11 is 0. The zero-order valence-corrected chi connectivity index (χ0v) is 17.7. The van der Waals surface area contributed by atoms with E-state index in [1.54, 1.807) is 13.0 Å². The van der Waals surface area contributed by atoms with Gasteiger partial charge in [0.25, 0.3) is 0 Å². The normalized spacial score (nSPS) is 13.3. The lowest BCUT2D eigenvalue weighted by atomic mass is 9.96. The molecule has 1 heteroatoms. The minimum Gasteiger partial charge on any atom is -0.295 e. The third-order valence-corrected chi connectivity index (χ3v) is 4.51. The number of Topliss-reactive ketones (excluding diaryl/α,β-unsaturated/α-hetero) is 1. The van der Waals surface area contributed by atoms with Crippen LogP contribution in [0, 0.1) is 6.92 Å². The van der Waals surface area contributed by atoms with Crippen LogP contribution in [0.15, 0.2) is 108 Å². The van der Waals surface area contributed by atoms with E-state index >= 15 is 0 Å². The average molecular weight is 373 g/mol. The fourth-order valence-electron chi connectivity index (χ4n) is 2.60. The Morgan fingerprint density at radius 1 is 1.00 bits per heavy atom. The second-order valence-electron chi connectivity index (χ2n) is 7.06. The molecule has 0 unspecified atom stereocenters. The summed E-state index contributed by atoms with van der Waals surface area (Å²) in [5.74, 6) is 0.0498. The van der Waals surface area contributed by atoms with Crippen LogP contribution in [0.25, 0.3) is 0 Å². The fraction of sp³-hybridized carbons (Fsp3) is 0.222. The Kier molecular flexibility index (Phi) is 9.67. The molecule has 0 saturated heterocycles. The Labute approximate surface area is 170 Å². The molecule has 1 aromatic rings. The summed E-state index contributed by atoms with van der Waals surface area (Å²) in [6.07, 6.45) is 13.4. The zero-order chi connectivity index (χ0) is 21.1. The van der Waals surface area contributed by atoms with Crippen molar-refractivity contribution in [2.75, 3.05) is 0 Å². The molecule has 0 aliphatic rings. The Morgan fingerprint density at radius 3 is 2.18 bits per heavy atom. The van der Waals surface area contributed by atoms with Gasteiger partial charge in [-0.2, -0.15) is 0 Å². The summed E-state index contributed by atoms with van der Waals surface area (Å²) < 4.78 is 0. The van der Waals surface area contributed by atoms with Crippen LogP contribution in [0.3, 0.4) is 0 Å². The zero-order valence-electron chi connectivity index (χ0n) is 17.7. The Morgan fingerprint density at radius 2 is 1.64 bits per heavy atom. The van der Waals surface area contributed by atoms with Crippen molar-refractivity contribution in [1.82, 2.24) is 0 Å². The van der Waals surface area contributed by atoms with Crippen molar-refractivity contribution < 1.29 is 4.79 Å². The second-order valence-corrected chi connectivity index (χ2v) is 7.06. The SMILES string of the molecule is C=CC=C(C=C(C)C(C)=O)C(=C)C=C(C=C(C)C=C)CCc1ccc(C)cc1. The van der Waals surface area contributed by atoms with Crippen molar-refractivity contribution in [2.45, 2.75) is 40.5 Å². The van der Waals surface area contributed by atoms with Crippen molar-refractivity contribution in [2.24, 2.45) is 0 Å². The van der Waals surface area contributed by atoms with Crippen LogP contribution in [0.2, 0.25) is 0 Å². The highest BCUT2D eigenvalue weighted by Gasteiger charge is 2.04. The third kappa shape index (κ3) is 8.18. The molecule has 0 spiro atoms. The number of benzene rings is 1. The summed E-state index contributed by atoms with van der Waals surface area (Å²) in [5.41, 5.74) is 7.29. The number of aryl methyl sites for hydroxylation is 2. The average Bonchev–Trinajstić information content (AvgIpc) is 2.66. The highest BCUT2D eigenvalue weighted by Crippen LogP contribution is 2.20. The maximum absolute atomic E-state index is 11.6. The smallest absolute Gasteiger partial charge is 0.155 e. The van der Waals surface area contributed by atoms with E-state index in [1.165, 1.54) is 16.7 Å². The van der Waals surface area contributed by atoms with E-state index in [0.717, 1.165) is 29.6 Å². The summed E-state index contributed by atoms with van der Waals surface area (Å²) in [6, 6.07) is 8.63. The molecule has 0 atom stereocenters. The first kappa shape index (κ1) is 23.1. The molecule has 28 heavy (non-hydrogen) atoms. The van der Waals surface area contributed by atoms with Gasteiger partial charge in [0.1, 0.15) is 0 Å². The molecule has 1 nitrogen and oxygen atoms in total. The van der Waals surface area contributed by atoms with Crippen molar-refractivity contribution in [3.05, 3.63) is 119 Å². The number of carbonyl (C=O) groups is 1. The van der Waals surface area contributed by atoms with Crippen LogP contribution in [0.5, 0.6) is 0 Å². The molecule has 0 aromatic heterocycles. The quantitative estimate of drug-likeness (QED) is 0.314. The van der Waals surface area contributed by atoms with Crippen molar-refractivity contribution in [1.29, 1.82) is 0 Å². The maximum atomic E-state index is 11.6. The van der Waals surface area contributed by atoms with Crippen LogP contribution in [0.4, 0.5) is 0 Å². The number of hydrogen-bond donors (Lipinski definition) is 0. The molecule has 0 heterocycles. The highest BCUT2D eigenvalue weighted by atomic mass is 16.1. The van der Waals surface area contributed by atoms with E-state index < -0.39 is 0 Å². The van der Waals surface area contributed by atoms with E-state index in [0.29, 0.717) is 5.57 Å². The van der Waals surface area contributed by atoms with Crippen molar-refractivity contribution >= 4 is 5.78 Å². The Balaban J connectivity index is 3.16. The monoisotopic (exact) mass is 372 g/mol. The predicted molar refractivity (Wildman–Crippen MR) is 123 cm³/mol. The summed E-state index contributed by atoms with van der Waals surface area (Å²) in [7, 11) is 0. The molecule has 0 amide bonds. The largest absolute Gasteiger partial charge is 0.295 e. The molecular weight excluding hydrogens is 340 g/mol. The van der Waals surface area contributed by atoms with E-state index in [4.69, 9.17) is 0 Å². The van der Waals surface area contributed by atoms with Crippen LogP contribution in [0.1, 0.15) is 38.3 Å².